The Kier molecular flexibility index (Phi) is 4.74. The van der Waals surface area contributed by atoms with Crippen LogP contribution in [-0.4, -0.2) is 71.4 Å². The predicted molar refractivity (Wildman–Crippen MR) is 84.2 cm³/mol. The summed E-state index contributed by atoms with van der Waals surface area (Å²) in [5.41, 5.74) is 0. The van der Waals surface area contributed by atoms with Crippen LogP contribution in [-0.2, 0) is 9.59 Å². The standard InChI is InChI=1S/C15H25N3O2S/c1-2-12-14(19)16-13(11-3-4-11)15(20)18(12)6-5-17-7-9-21-10-8-17/h11-13H,2-10H2,1H3,(H,16,19). The van der Waals surface area contributed by atoms with Crippen molar-refractivity contribution in [2.45, 2.75) is 38.3 Å². The summed E-state index contributed by atoms with van der Waals surface area (Å²) in [4.78, 5) is 29.2. The minimum absolute atomic E-state index is 0.0446. The number of hydrogen-bond acceptors (Lipinski definition) is 4. The van der Waals surface area contributed by atoms with Gasteiger partial charge in [0, 0.05) is 37.7 Å². The van der Waals surface area contributed by atoms with Gasteiger partial charge in [0.15, 0.2) is 0 Å². The van der Waals surface area contributed by atoms with Crippen molar-refractivity contribution < 1.29 is 9.59 Å². The molecule has 5 nitrogen and oxygen atoms in total. The molecule has 1 aliphatic carbocycles. The zero-order valence-corrected chi connectivity index (χ0v) is 13.5. The Bertz CT molecular complexity index is 408. The van der Waals surface area contributed by atoms with Gasteiger partial charge in [-0.25, -0.2) is 0 Å². The van der Waals surface area contributed by atoms with Crippen LogP contribution < -0.4 is 5.32 Å². The summed E-state index contributed by atoms with van der Waals surface area (Å²) in [5, 5.41) is 2.95. The molecule has 21 heavy (non-hydrogen) atoms. The molecule has 0 aromatic carbocycles. The molecule has 3 aliphatic rings. The van der Waals surface area contributed by atoms with Gasteiger partial charge in [-0.2, -0.15) is 11.8 Å². The minimum Gasteiger partial charge on any atom is -0.342 e. The molecule has 1 N–H and O–H groups in total. The van der Waals surface area contributed by atoms with Gasteiger partial charge in [-0.15, -0.1) is 0 Å². The fraction of sp³-hybridized carbons (Fsp3) is 0.867. The molecule has 118 valence electrons. The maximum atomic E-state index is 12.7. The fourth-order valence-corrected chi connectivity index (χ4v) is 4.26. The van der Waals surface area contributed by atoms with Gasteiger partial charge in [-0.1, -0.05) is 6.92 Å². The van der Waals surface area contributed by atoms with E-state index in [1.807, 2.05) is 23.6 Å². The third kappa shape index (κ3) is 3.37. The molecule has 0 spiro atoms. The number of nitrogens with one attached hydrogen (secondary N) is 1. The molecule has 0 aromatic rings. The van der Waals surface area contributed by atoms with E-state index in [4.69, 9.17) is 0 Å². The van der Waals surface area contributed by atoms with E-state index in [1.54, 1.807) is 0 Å². The maximum Gasteiger partial charge on any atom is 0.246 e. The lowest BCUT2D eigenvalue weighted by molar-refractivity contribution is -0.150. The van der Waals surface area contributed by atoms with Crippen molar-refractivity contribution in [1.82, 2.24) is 15.1 Å². The second-order valence-electron chi connectivity index (χ2n) is 6.23. The number of thioether (sulfide) groups is 1. The first-order valence-electron chi connectivity index (χ1n) is 8.11. The smallest absolute Gasteiger partial charge is 0.246 e. The highest BCUT2D eigenvalue weighted by Crippen LogP contribution is 2.35. The first-order chi connectivity index (χ1) is 10.2. The van der Waals surface area contributed by atoms with Crippen LogP contribution in [0.2, 0.25) is 0 Å². The summed E-state index contributed by atoms with van der Waals surface area (Å²) in [6.07, 6.45) is 2.85. The van der Waals surface area contributed by atoms with Crippen LogP contribution in [0, 0.1) is 5.92 Å². The number of carbonyl (C=O) groups excluding carboxylic acids is 2. The summed E-state index contributed by atoms with van der Waals surface area (Å²) in [7, 11) is 0. The molecule has 0 aromatic heterocycles. The second kappa shape index (κ2) is 6.57. The Labute approximate surface area is 130 Å². The van der Waals surface area contributed by atoms with E-state index in [-0.39, 0.29) is 23.9 Å². The quantitative estimate of drug-likeness (QED) is 0.806. The lowest BCUT2D eigenvalue weighted by Gasteiger charge is -2.40. The molecular formula is C15H25N3O2S. The van der Waals surface area contributed by atoms with Gasteiger partial charge in [0.2, 0.25) is 11.8 Å². The molecule has 0 radical (unpaired) electrons. The van der Waals surface area contributed by atoms with Gasteiger partial charge in [0.05, 0.1) is 0 Å². The number of piperazine rings is 1. The summed E-state index contributed by atoms with van der Waals surface area (Å²) < 4.78 is 0. The summed E-state index contributed by atoms with van der Waals surface area (Å²) in [6, 6.07) is -0.524. The van der Waals surface area contributed by atoms with Gasteiger partial charge in [0.25, 0.3) is 0 Å². The highest BCUT2D eigenvalue weighted by Gasteiger charge is 2.46. The monoisotopic (exact) mass is 311 g/mol. The van der Waals surface area contributed by atoms with E-state index in [0.29, 0.717) is 18.9 Å². The van der Waals surface area contributed by atoms with Gasteiger partial charge >= 0.3 is 0 Å². The van der Waals surface area contributed by atoms with Crippen molar-refractivity contribution in [3.63, 3.8) is 0 Å². The number of hydrogen-bond donors (Lipinski definition) is 1. The number of nitrogens with zero attached hydrogens (tertiary/aromatic N) is 2. The molecule has 2 atom stereocenters. The first kappa shape index (κ1) is 15.2. The largest absolute Gasteiger partial charge is 0.342 e. The maximum absolute atomic E-state index is 12.7. The molecule has 6 heteroatoms. The summed E-state index contributed by atoms with van der Waals surface area (Å²) in [6.45, 7) is 5.77. The molecule has 2 aliphatic heterocycles. The molecule has 0 bridgehead atoms. The Balaban J connectivity index is 1.63. The number of carbonyl (C=O) groups is 2. The predicted octanol–water partition coefficient (Wildman–Crippen LogP) is 0.551. The first-order valence-corrected chi connectivity index (χ1v) is 9.27. The van der Waals surface area contributed by atoms with Crippen molar-refractivity contribution in [3.8, 4) is 0 Å². The Morgan fingerprint density at radius 2 is 1.90 bits per heavy atom. The van der Waals surface area contributed by atoms with Crippen molar-refractivity contribution in [2.75, 3.05) is 37.7 Å². The molecule has 2 saturated heterocycles. The third-order valence-electron chi connectivity index (χ3n) is 4.77. The topological polar surface area (TPSA) is 52.7 Å². The highest BCUT2D eigenvalue weighted by molar-refractivity contribution is 7.99. The molecule has 2 heterocycles. The van der Waals surface area contributed by atoms with Crippen molar-refractivity contribution in [3.05, 3.63) is 0 Å². The van der Waals surface area contributed by atoms with Crippen molar-refractivity contribution in [1.29, 1.82) is 0 Å². The Hall–Kier alpha value is -0.750. The van der Waals surface area contributed by atoms with E-state index in [2.05, 4.69) is 10.2 Å². The Morgan fingerprint density at radius 3 is 2.52 bits per heavy atom. The minimum atomic E-state index is -0.272. The summed E-state index contributed by atoms with van der Waals surface area (Å²) in [5.74, 6) is 2.93. The highest BCUT2D eigenvalue weighted by atomic mass is 32.2. The van der Waals surface area contributed by atoms with Crippen LogP contribution in [0.4, 0.5) is 0 Å². The van der Waals surface area contributed by atoms with Gasteiger partial charge in [0.1, 0.15) is 12.1 Å². The van der Waals surface area contributed by atoms with Gasteiger partial charge < -0.3 is 10.2 Å². The zero-order valence-electron chi connectivity index (χ0n) is 12.7. The zero-order chi connectivity index (χ0) is 14.8. The SMILES string of the molecule is CCC1C(=O)NC(C2CC2)C(=O)N1CCN1CCSCC1. The normalized spacial score (nSPS) is 31.4. The molecule has 2 unspecified atom stereocenters. The second-order valence-corrected chi connectivity index (χ2v) is 7.46. The molecule has 3 fully saturated rings. The van der Waals surface area contributed by atoms with Crippen LogP contribution in [0.25, 0.3) is 0 Å². The molecular weight excluding hydrogens is 286 g/mol. The van der Waals surface area contributed by atoms with Gasteiger partial charge in [-0.3, -0.25) is 14.5 Å². The van der Waals surface area contributed by atoms with Crippen molar-refractivity contribution in [2.24, 2.45) is 5.92 Å². The average Bonchev–Trinajstić information content (AvgIpc) is 3.33. The van der Waals surface area contributed by atoms with Crippen LogP contribution in [0.15, 0.2) is 0 Å². The van der Waals surface area contributed by atoms with E-state index in [1.165, 1.54) is 11.5 Å². The fourth-order valence-electron chi connectivity index (χ4n) is 3.28. The average molecular weight is 311 g/mol. The van der Waals surface area contributed by atoms with Crippen LogP contribution in [0.3, 0.4) is 0 Å². The van der Waals surface area contributed by atoms with E-state index in [0.717, 1.165) is 32.5 Å². The number of amides is 2. The van der Waals surface area contributed by atoms with Crippen LogP contribution >= 0.6 is 11.8 Å². The third-order valence-corrected chi connectivity index (χ3v) is 5.71. The van der Waals surface area contributed by atoms with E-state index >= 15 is 0 Å². The lowest BCUT2D eigenvalue weighted by atomic mass is 10.0. The van der Waals surface area contributed by atoms with E-state index < -0.39 is 0 Å². The van der Waals surface area contributed by atoms with Crippen LogP contribution in [0.5, 0.6) is 0 Å². The van der Waals surface area contributed by atoms with Gasteiger partial charge in [-0.05, 0) is 25.2 Å². The Morgan fingerprint density at radius 1 is 1.19 bits per heavy atom. The number of rotatable bonds is 5. The lowest BCUT2D eigenvalue weighted by Crippen LogP contribution is -2.64. The molecule has 3 rings (SSSR count). The van der Waals surface area contributed by atoms with E-state index in [9.17, 15) is 9.59 Å². The molecule has 2 amide bonds. The molecule has 1 saturated carbocycles. The van der Waals surface area contributed by atoms with Crippen molar-refractivity contribution >= 4 is 23.6 Å². The summed E-state index contributed by atoms with van der Waals surface area (Å²) >= 11 is 1.99. The van der Waals surface area contributed by atoms with Crippen LogP contribution in [0.1, 0.15) is 26.2 Å².